The van der Waals surface area contributed by atoms with Crippen LogP contribution >= 0.6 is 23.2 Å². The highest BCUT2D eigenvalue weighted by Crippen LogP contribution is 2.58. The molecule has 1 saturated heterocycles. The zero-order valence-electron chi connectivity index (χ0n) is 22.0. The number of para-hydroxylation sites is 1. The van der Waals surface area contributed by atoms with Crippen LogP contribution in [0.1, 0.15) is 37.4 Å². The molecule has 7 heteroatoms. The molecule has 3 aliphatic heterocycles. The van der Waals surface area contributed by atoms with Gasteiger partial charge in [0.1, 0.15) is 11.5 Å². The standard InChI is InChI=1S/C34H24Cl2N2O3/c1-19-11-12-20-13-16-28-34(24-9-5-6-10-26(24)37-33(34)41)29(32(40)23-15-14-22(35)18-25(23)36)30(38(28)27(20)17-19)31(39)21-7-3-2-4-8-21/h2-18,28-30H,1H3,(H,37,41)/t28-,29+,30-,34-/m0/s1. The lowest BCUT2D eigenvalue weighted by Gasteiger charge is -2.37. The number of halogens is 2. The monoisotopic (exact) mass is 578 g/mol. The molecule has 5 nitrogen and oxygen atoms in total. The van der Waals surface area contributed by atoms with Gasteiger partial charge in [-0.05, 0) is 53.9 Å². The van der Waals surface area contributed by atoms with E-state index in [9.17, 15) is 14.4 Å². The van der Waals surface area contributed by atoms with Crippen LogP contribution in [-0.2, 0) is 10.2 Å². The Morgan fingerprint density at radius 1 is 0.878 bits per heavy atom. The van der Waals surface area contributed by atoms with Crippen molar-refractivity contribution in [1.29, 1.82) is 0 Å². The topological polar surface area (TPSA) is 66.5 Å². The van der Waals surface area contributed by atoms with Gasteiger partial charge in [0, 0.05) is 27.5 Å². The molecular formula is C34H24Cl2N2O3. The molecule has 0 saturated carbocycles. The van der Waals surface area contributed by atoms with E-state index < -0.39 is 23.4 Å². The summed E-state index contributed by atoms with van der Waals surface area (Å²) in [6.07, 6.45) is 3.94. The van der Waals surface area contributed by atoms with Crippen LogP contribution in [0.2, 0.25) is 10.0 Å². The molecule has 1 N–H and O–H groups in total. The van der Waals surface area contributed by atoms with Crippen LogP contribution in [0.3, 0.4) is 0 Å². The van der Waals surface area contributed by atoms with Gasteiger partial charge in [-0.1, -0.05) is 96.0 Å². The number of nitrogens with zero attached hydrogens (tertiary/aromatic N) is 1. The van der Waals surface area contributed by atoms with Crippen LogP contribution < -0.4 is 10.2 Å². The fourth-order valence-corrected chi connectivity index (χ4v) is 7.41. The van der Waals surface area contributed by atoms with Gasteiger partial charge < -0.3 is 10.2 Å². The zero-order chi connectivity index (χ0) is 28.5. The Balaban J connectivity index is 1.56. The number of nitrogens with one attached hydrogen (secondary N) is 1. The molecule has 0 unspecified atom stereocenters. The van der Waals surface area contributed by atoms with E-state index in [0.717, 1.165) is 16.8 Å². The van der Waals surface area contributed by atoms with Gasteiger partial charge in [0.15, 0.2) is 11.6 Å². The predicted molar refractivity (Wildman–Crippen MR) is 162 cm³/mol. The Labute approximate surface area is 247 Å². The third-order valence-corrected chi connectivity index (χ3v) is 9.14. The number of carbonyl (C=O) groups excluding carboxylic acids is 3. The van der Waals surface area contributed by atoms with E-state index in [-0.39, 0.29) is 28.1 Å². The van der Waals surface area contributed by atoms with Gasteiger partial charge >= 0.3 is 0 Å². The Bertz CT molecular complexity index is 1800. The first-order valence-electron chi connectivity index (χ1n) is 13.4. The molecule has 1 spiro atoms. The lowest BCUT2D eigenvalue weighted by Crippen LogP contribution is -2.51. The molecule has 41 heavy (non-hydrogen) atoms. The van der Waals surface area contributed by atoms with Crippen molar-refractivity contribution in [3.05, 3.63) is 135 Å². The number of fused-ring (bicyclic) bond motifs is 6. The van der Waals surface area contributed by atoms with Crippen LogP contribution in [0.5, 0.6) is 0 Å². The van der Waals surface area contributed by atoms with Gasteiger partial charge in [-0.25, -0.2) is 0 Å². The van der Waals surface area contributed by atoms with E-state index in [1.165, 1.54) is 6.07 Å². The summed E-state index contributed by atoms with van der Waals surface area (Å²) in [6, 6.07) is 25.5. The molecule has 7 rings (SSSR count). The van der Waals surface area contributed by atoms with E-state index in [1.807, 2.05) is 72.5 Å². The second-order valence-corrected chi connectivity index (χ2v) is 11.6. The van der Waals surface area contributed by atoms with Crippen LogP contribution in [0, 0.1) is 12.8 Å². The number of hydrogen-bond acceptors (Lipinski definition) is 4. The third kappa shape index (κ3) is 3.66. The van der Waals surface area contributed by atoms with Crippen LogP contribution in [0.25, 0.3) is 6.08 Å². The van der Waals surface area contributed by atoms with Crippen molar-refractivity contribution in [3.63, 3.8) is 0 Å². The maximum Gasteiger partial charge on any atom is 0.238 e. The molecule has 0 radical (unpaired) electrons. The molecule has 0 aliphatic carbocycles. The quantitative estimate of drug-likeness (QED) is 0.261. The van der Waals surface area contributed by atoms with Crippen LogP contribution in [0.4, 0.5) is 11.4 Å². The lowest BCUT2D eigenvalue weighted by atomic mass is 9.64. The van der Waals surface area contributed by atoms with Crippen molar-refractivity contribution in [2.45, 2.75) is 24.4 Å². The van der Waals surface area contributed by atoms with E-state index in [4.69, 9.17) is 23.2 Å². The second kappa shape index (κ2) is 9.44. The van der Waals surface area contributed by atoms with E-state index in [1.54, 1.807) is 36.4 Å². The Morgan fingerprint density at radius 2 is 1.63 bits per heavy atom. The maximum absolute atomic E-state index is 14.9. The molecule has 202 valence electrons. The van der Waals surface area contributed by atoms with Crippen molar-refractivity contribution in [3.8, 4) is 0 Å². The van der Waals surface area contributed by atoms with Crippen LogP contribution in [-0.4, -0.2) is 29.6 Å². The first-order valence-corrected chi connectivity index (χ1v) is 14.1. The summed E-state index contributed by atoms with van der Waals surface area (Å²) in [4.78, 5) is 45.9. The normalized spacial score (nSPS) is 23.6. The molecule has 4 aromatic rings. The summed E-state index contributed by atoms with van der Waals surface area (Å²) >= 11 is 12.8. The highest BCUT2D eigenvalue weighted by molar-refractivity contribution is 6.37. The molecule has 3 aliphatic rings. The fourth-order valence-electron chi connectivity index (χ4n) is 6.90. The number of aryl methyl sites for hydroxylation is 1. The summed E-state index contributed by atoms with van der Waals surface area (Å²) in [5, 5.41) is 3.60. The molecule has 4 aromatic carbocycles. The van der Waals surface area contributed by atoms with Crippen molar-refractivity contribution in [2.24, 2.45) is 5.92 Å². The zero-order valence-corrected chi connectivity index (χ0v) is 23.5. The van der Waals surface area contributed by atoms with Gasteiger partial charge in [-0.3, -0.25) is 14.4 Å². The molecule has 3 heterocycles. The number of Topliss-reactive ketones (excluding diaryl/α,β-unsaturated/α-hetero) is 2. The number of carbonyl (C=O) groups is 3. The molecule has 1 fully saturated rings. The number of ketones is 2. The molecular weight excluding hydrogens is 555 g/mol. The minimum atomic E-state index is -1.40. The van der Waals surface area contributed by atoms with Gasteiger partial charge in [0.2, 0.25) is 5.91 Å². The molecule has 4 atom stereocenters. The van der Waals surface area contributed by atoms with Gasteiger partial charge in [-0.15, -0.1) is 0 Å². The van der Waals surface area contributed by atoms with E-state index in [2.05, 4.69) is 5.32 Å². The predicted octanol–water partition coefficient (Wildman–Crippen LogP) is 7.16. The SMILES string of the molecule is Cc1ccc2c(c1)N1[C@H](C(=O)c3ccccc3)[C@H](C(=O)c3ccc(Cl)cc3Cl)[C@@]3(C(=O)Nc4ccccc43)[C@@H]1C=C2. The number of rotatable bonds is 4. The summed E-state index contributed by atoms with van der Waals surface area (Å²) in [5.41, 5.74) is 3.33. The maximum atomic E-state index is 14.9. The van der Waals surface area contributed by atoms with E-state index in [0.29, 0.717) is 21.8 Å². The van der Waals surface area contributed by atoms with Crippen molar-refractivity contribution in [1.82, 2.24) is 0 Å². The first-order chi connectivity index (χ1) is 19.8. The molecule has 0 aromatic heterocycles. The fraction of sp³-hybridized carbons (Fsp3) is 0.147. The minimum Gasteiger partial charge on any atom is -0.352 e. The minimum absolute atomic E-state index is 0.173. The van der Waals surface area contributed by atoms with Crippen molar-refractivity contribution >= 4 is 58.1 Å². The third-order valence-electron chi connectivity index (χ3n) is 8.60. The Hall–Kier alpha value is -4.19. The number of hydrogen-bond donors (Lipinski definition) is 1. The van der Waals surface area contributed by atoms with E-state index >= 15 is 0 Å². The van der Waals surface area contributed by atoms with Crippen LogP contribution in [0.15, 0.2) is 97.1 Å². The van der Waals surface area contributed by atoms with Crippen molar-refractivity contribution in [2.75, 3.05) is 10.2 Å². The van der Waals surface area contributed by atoms with Crippen molar-refractivity contribution < 1.29 is 14.4 Å². The molecule has 0 bridgehead atoms. The van der Waals surface area contributed by atoms with Gasteiger partial charge in [0.05, 0.1) is 17.0 Å². The summed E-state index contributed by atoms with van der Waals surface area (Å²) in [7, 11) is 0. The summed E-state index contributed by atoms with van der Waals surface area (Å²) in [6.45, 7) is 1.99. The average Bonchev–Trinajstić information content (AvgIpc) is 3.45. The average molecular weight is 579 g/mol. The smallest absolute Gasteiger partial charge is 0.238 e. The summed E-state index contributed by atoms with van der Waals surface area (Å²) < 4.78 is 0. The number of benzene rings is 4. The van der Waals surface area contributed by atoms with Gasteiger partial charge in [0.25, 0.3) is 0 Å². The number of amides is 1. The summed E-state index contributed by atoms with van der Waals surface area (Å²) in [5.74, 6) is -2.04. The molecule has 1 amide bonds. The Kier molecular flexibility index (Phi) is 5.93. The second-order valence-electron chi connectivity index (χ2n) is 10.8. The highest BCUT2D eigenvalue weighted by Gasteiger charge is 2.70. The van der Waals surface area contributed by atoms with Gasteiger partial charge in [-0.2, -0.15) is 0 Å². The number of anilines is 2. The highest BCUT2D eigenvalue weighted by atomic mass is 35.5. The Morgan fingerprint density at radius 3 is 2.41 bits per heavy atom. The largest absolute Gasteiger partial charge is 0.352 e. The first kappa shape index (κ1) is 25.8. The lowest BCUT2D eigenvalue weighted by molar-refractivity contribution is -0.121.